The molecule has 20 heavy (non-hydrogen) atoms. The average molecular weight is 282 g/mol. The molecule has 110 valence electrons. The molecule has 5 unspecified atom stereocenters. The topological polar surface area (TPSA) is 78.9 Å². The normalized spacial score (nSPS) is 43.0. The standard InChI is InChI=1S/C14H18O6/c1-7(15)11-12(13(17)18-2)20-14(19-11)6-10(16)8-3-4-9(14)5-8/h8-9,11-12H,3-6H2,1-2H3. The lowest BCUT2D eigenvalue weighted by Crippen LogP contribution is -2.45. The molecule has 6 heteroatoms. The van der Waals surface area contributed by atoms with Crippen molar-refractivity contribution in [3.63, 3.8) is 0 Å². The molecule has 0 radical (unpaired) electrons. The average Bonchev–Trinajstić information content (AvgIpc) is 2.99. The van der Waals surface area contributed by atoms with Gasteiger partial charge in [-0.15, -0.1) is 0 Å². The van der Waals surface area contributed by atoms with E-state index in [0.717, 1.165) is 19.3 Å². The second-order valence-corrected chi connectivity index (χ2v) is 5.87. The molecule has 0 N–H and O–H groups in total. The molecular formula is C14H18O6. The summed E-state index contributed by atoms with van der Waals surface area (Å²) in [6.45, 7) is 1.35. The number of Topliss-reactive ketones (excluding diaryl/α,β-unsaturated/α-hetero) is 2. The maximum atomic E-state index is 12.1. The predicted octanol–water partition coefficient (Wildman–Crippen LogP) is 0.618. The van der Waals surface area contributed by atoms with Gasteiger partial charge in [0.1, 0.15) is 5.78 Å². The van der Waals surface area contributed by atoms with Crippen molar-refractivity contribution in [1.82, 2.24) is 0 Å². The minimum absolute atomic E-state index is 0.0710. The van der Waals surface area contributed by atoms with Crippen molar-refractivity contribution < 1.29 is 28.6 Å². The lowest BCUT2D eigenvalue weighted by Gasteiger charge is -2.36. The number of ether oxygens (including phenoxy) is 3. The van der Waals surface area contributed by atoms with E-state index in [1.807, 2.05) is 0 Å². The van der Waals surface area contributed by atoms with E-state index in [1.165, 1.54) is 14.0 Å². The molecule has 1 saturated heterocycles. The second kappa shape index (κ2) is 4.63. The predicted molar refractivity (Wildman–Crippen MR) is 65.6 cm³/mol. The molecular weight excluding hydrogens is 264 g/mol. The smallest absolute Gasteiger partial charge is 0.338 e. The van der Waals surface area contributed by atoms with Crippen LogP contribution >= 0.6 is 0 Å². The largest absolute Gasteiger partial charge is 0.467 e. The van der Waals surface area contributed by atoms with Crippen LogP contribution in [0.3, 0.4) is 0 Å². The highest BCUT2D eigenvalue weighted by Gasteiger charge is 2.61. The van der Waals surface area contributed by atoms with Crippen molar-refractivity contribution in [2.75, 3.05) is 7.11 Å². The van der Waals surface area contributed by atoms with Crippen LogP contribution in [0, 0.1) is 11.8 Å². The number of hydrogen-bond acceptors (Lipinski definition) is 6. The van der Waals surface area contributed by atoms with Gasteiger partial charge in [0.15, 0.2) is 23.8 Å². The molecule has 0 aromatic heterocycles. The van der Waals surface area contributed by atoms with Crippen molar-refractivity contribution in [1.29, 1.82) is 0 Å². The Bertz CT molecular complexity index is 472. The molecule has 0 aromatic rings. The van der Waals surface area contributed by atoms with Gasteiger partial charge in [-0.25, -0.2) is 4.79 Å². The Morgan fingerprint density at radius 2 is 1.95 bits per heavy atom. The molecule has 3 rings (SSSR count). The summed E-state index contributed by atoms with van der Waals surface area (Å²) in [5.74, 6) is -1.77. The van der Waals surface area contributed by atoms with Gasteiger partial charge in [0.2, 0.25) is 0 Å². The Balaban J connectivity index is 1.90. The Kier molecular flexibility index (Phi) is 3.17. The van der Waals surface area contributed by atoms with Crippen LogP contribution in [-0.4, -0.2) is 42.6 Å². The van der Waals surface area contributed by atoms with Gasteiger partial charge >= 0.3 is 5.97 Å². The summed E-state index contributed by atoms with van der Waals surface area (Å²) in [7, 11) is 1.24. The first-order chi connectivity index (χ1) is 9.47. The molecule has 1 heterocycles. The molecule has 2 bridgehead atoms. The van der Waals surface area contributed by atoms with Crippen LogP contribution < -0.4 is 0 Å². The number of hydrogen-bond donors (Lipinski definition) is 0. The third kappa shape index (κ3) is 1.90. The van der Waals surface area contributed by atoms with E-state index in [-0.39, 0.29) is 29.8 Å². The number of methoxy groups -OCH3 is 1. The summed E-state index contributed by atoms with van der Waals surface area (Å²) < 4.78 is 16.2. The van der Waals surface area contributed by atoms with Crippen LogP contribution in [0.5, 0.6) is 0 Å². The van der Waals surface area contributed by atoms with Crippen molar-refractivity contribution >= 4 is 17.5 Å². The van der Waals surface area contributed by atoms with Crippen LogP contribution in [0.15, 0.2) is 0 Å². The first-order valence-electron chi connectivity index (χ1n) is 6.93. The molecule has 6 nitrogen and oxygen atoms in total. The lowest BCUT2D eigenvalue weighted by atomic mass is 9.83. The van der Waals surface area contributed by atoms with Gasteiger partial charge in [0.05, 0.1) is 13.5 Å². The summed E-state index contributed by atoms with van der Waals surface area (Å²) in [4.78, 5) is 35.5. The summed E-state index contributed by atoms with van der Waals surface area (Å²) in [5.41, 5.74) is 0. The highest BCUT2D eigenvalue weighted by Crippen LogP contribution is 2.52. The number of rotatable bonds is 2. The summed E-state index contributed by atoms with van der Waals surface area (Å²) in [6, 6.07) is 0. The minimum atomic E-state index is -1.11. The molecule has 3 fully saturated rings. The zero-order valence-corrected chi connectivity index (χ0v) is 11.6. The molecule has 2 aliphatic carbocycles. The quantitative estimate of drug-likeness (QED) is 0.691. The Hall–Kier alpha value is -1.27. The molecule has 3 aliphatic rings. The second-order valence-electron chi connectivity index (χ2n) is 5.87. The van der Waals surface area contributed by atoms with Gasteiger partial charge in [-0.1, -0.05) is 0 Å². The fourth-order valence-electron chi connectivity index (χ4n) is 3.65. The van der Waals surface area contributed by atoms with E-state index in [9.17, 15) is 14.4 Å². The molecule has 1 spiro atoms. The summed E-state index contributed by atoms with van der Waals surface area (Å²) >= 11 is 0. The van der Waals surface area contributed by atoms with E-state index in [2.05, 4.69) is 4.74 Å². The van der Waals surface area contributed by atoms with Crippen molar-refractivity contribution in [3.8, 4) is 0 Å². The Labute approximate surface area is 116 Å². The first-order valence-corrected chi connectivity index (χ1v) is 6.93. The van der Waals surface area contributed by atoms with Gasteiger partial charge in [0.25, 0.3) is 0 Å². The van der Waals surface area contributed by atoms with E-state index < -0.39 is 24.0 Å². The lowest BCUT2D eigenvalue weighted by molar-refractivity contribution is -0.222. The van der Waals surface area contributed by atoms with Crippen molar-refractivity contribution in [2.24, 2.45) is 11.8 Å². The fraction of sp³-hybridized carbons (Fsp3) is 0.786. The third-order valence-electron chi connectivity index (χ3n) is 4.69. The van der Waals surface area contributed by atoms with Gasteiger partial charge in [-0.05, 0) is 26.2 Å². The zero-order valence-electron chi connectivity index (χ0n) is 11.6. The van der Waals surface area contributed by atoms with Crippen LogP contribution in [0.25, 0.3) is 0 Å². The van der Waals surface area contributed by atoms with Crippen LogP contribution in [-0.2, 0) is 28.6 Å². The maximum Gasteiger partial charge on any atom is 0.338 e. The van der Waals surface area contributed by atoms with Crippen molar-refractivity contribution in [2.45, 2.75) is 50.6 Å². The van der Waals surface area contributed by atoms with Crippen molar-refractivity contribution in [3.05, 3.63) is 0 Å². The maximum absolute atomic E-state index is 12.1. The number of carbonyl (C=O) groups excluding carboxylic acids is 3. The summed E-state index contributed by atoms with van der Waals surface area (Å²) in [6.07, 6.45) is 0.465. The minimum Gasteiger partial charge on any atom is -0.467 e. The highest BCUT2D eigenvalue weighted by atomic mass is 16.8. The number of carbonyl (C=O) groups is 3. The Morgan fingerprint density at radius 1 is 1.25 bits per heavy atom. The van der Waals surface area contributed by atoms with Gasteiger partial charge in [-0.3, -0.25) is 9.59 Å². The molecule has 0 amide bonds. The van der Waals surface area contributed by atoms with E-state index >= 15 is 0 Å². The van der Waals surface area contributed by atoms with Gasteiger partial charge in [-0.2, -0.15) is 0 Å². The zero-order chi connectivity index (χ0) is 14.5. The fourth-order valence-corrected chi connectivity index (χ4v) is 3.65. The molecule has 2 saturated carbocycles. The monoisotopic (exact) mass is 282 g/mol. The number of esters is 1. The number of fused-ring (bicyclic) bond motifs is 3. The van der Waals surface area contributed by atoms with Crippen LogP contribution in [0.2, 0.25) is 0 Å². The summed E-state index contributed by atoms with van der Waals surface area (Å²) in [5, 5.41) is 0. The van der Waals surface area contributed by atoms with E-state index in [4.69, 9.17) is 9.47 Å². The first kappa shape index (κ1) is 13.7. The van der Waals surface area contributed by atoms with Gasteiger partial charge in [0, 0.05) is 11.8 Å². The van der Waals surface area contributed by atoms with Crippen LogP contribution in [0.4, 0.5) is 0 Å². The molecule has 1 aliphatic heterocycles. The van der Waals surface area contributed by atoms with Crippen LogP contribution in [0.1, 0.15) is 32.6 Å². The van der Waals surface area contributed by atoms with E-state index in [0.29, 0.717) is 0 Å². The van der Waals surface area contributed by atoms with E-state index in [1.54, 1.807) is 0 Å². The molecule has 5 atom stereocenters. The SMILES string of the molecule is COC(=O)C1OC2(CC(=O)C3CCC2C3)OC1C(C)=O. The Morgan fingerprint density at radius 3 is 2.60 bits per heavy atom. The number of ketones is 2. The molecule has 0 aromatic carbocycles. The highest BCUT2D eigenvalue weighted by molar-refractivity contribution is 5.90. The van der Waals surface area contributed by atoms with Gasteiger partial charge < -0.3 is 14.2 Å². The third-order valence-corrected chi connectivity index (χ3v) is 4.69.